The number of ether oxygens (including phenoxy) is 2. The molecule has 6 heteroatoms. The second kappa shape index (κ2) is 7.07. The highest BCUT2D eigenvalue weighted by atomic mass is 32.2. The lowest BCUT2D eigenvalue weighted by molar-refractivity contribution is -0.113. The van der Waals surface area contributed by atoms with E-state index in [0.717, 1.165) is 10.6 Å². The maximum Gasteiger partial charge on any atom is 0.234 e. The summed E-state index contributed by atoms with van der Waals surface area (Å²) in [6.45, 7) is 1.09. The number of hydrogen-bond donors (Lipinski definition) is 1. The van der Waals surface area contributed by atoms with Crippen LogP contribution in [0.25, 0.3) is 0 Å². The van der Waals surface area contributed by atoms with Crippen LogP contribution in [0.5, 0.6) is 11.5 Å². The molecule has 0 radical (unpaired) electrons. The number of nitrogens with one attached hydrogen (secondary N) is 1. The van der Waals surface area contributed by atoms with E-state index in [2.05, 4.69) is 11.4 Å². The van der Waals surface area contributed by atoms with E-state index >= 15 is 0 Å². The third kappa shape index (κ3) is 3.76. The molecule has 5 nitrogen and oxygen atoms in total. The first-order valence-electron chi connectivity index (χ1n) is 7.08. The standard InChI is InChI=1S/C17H14N2O3S/c18-10-12-3-1-2-4-14(12)19-17(20)11-23-13-5-6-15-16(9-13)22-8-7-21-15/h1-6,9H,7-8,11H2,(H,19,20). The summed E-state index contributed by atoms with van der Waals surface area (Å²) in [7, 11) is 0. The lowest BCUT2D eigenvalue weighted by Gasteiger charge is -2.18. The van der Waals surface area contributed by atoms with Gasteiger partial charge in [-0.3, -0.25) is 4.79 Å². The van der Waals surface area contributed by atoms with E-state index in [4.69, 9.17) is 14.7 Å². The Bertz CT molecular complexity index is 771. The molecule has 1 heterocycles. The molecule has 2 aromatic carbocycles. The number of hydrogen-bond acceptors (Lipinski definition) is 5. The van der Waals surface area contributed by atoms with Crippen molar-refractivity contribution in [1.29, 1.82) is 5.26 Å². The molecule has 0 fully saturated rings. The number of carbonyl (C=O) groups is 1. The second-order valence-corrected chi connectivity index (χ2v) is 5.85. The van der Waals surface area contributed by atoms with Gasteiger partial charge >= 0.3 is 0 Å². The van der Waals surface area contributed by atoms with Crippen LogP contribution in [0.4, 0.5) is 5.69 Å². The summed E-state index contributed by atoms with van der Waals surface area (Å²) in [6, 6.07) is 14.6. The summed E-state index contributed by atoms with van der Waals surface area (Å²) < 4.78 is 11.0. The fraction of sp³-hybridized carbons (Fsp3) is 0.176. The molecule has 0 bridgehead atoms. The minimum atomic E-state index is -0.160. The van der Waals surface area contributed by atoms with Crippen molar-refractivity contribution >= 4 is 23.4 Å². The lowest BCUT2D eigenvalue weighted by Crippen LogP contribution is -2.16. The number of anilines is 1. The van der Waals surface area contributed by atoms with Gasteiger partial charge in [0, 0.05) is 4.90 Å². The Balaban J connectivity index is 1.60. The quantitative estimate of drug-likeness (QED) is 0.874. The average molecular weight is 326 g/mol. The first-order valence-corrected chi connectivity index (χ1v) is 8.06. The van der Waals surface area contributed by atoms with Gasteiger partial charge in [0.1, 0.15) is 19.3 Å². The zero-order chi connectivity index (χ0) is 16.1. The average Bonchev–Trinajstić information content (AvgIpc) is 2.60. The summed E-state index contributed by atoms with van der Waals surface area (Å²) in [6.07, 6.45) is 0. The molecule has 3 rings (SSSR count). The molecule has 0 aromatic heterocycles. The Kier molecular flexibility index (Phi) is 4.69. The van der Waals surface area contributed by atoms with Crippen LogP contribution in [-0.4, -0.2) is 24.9 Å². The first-order chi connectivity index (χ1) is 11.3. The Morgan fingerprint density at radius 3 is 2.78 bits per heavy atom. The minimum absolute atomic E-state index is 0.160. The van der Waals surface area contributed by atoms with Crippen molar-refractivity contribution in [2.45, 2.75) is 4.90 Å². The number of para-hydroxylation sites is 1. The van der Waals surface area contributed by atoms with Crippen molar-refractivity contribution in [1.82, 2.24) is 0 Å². The molecule has 0 unspecified atom stereocenters. The van der Waals surface area contributed by atoms with Crippen LogP contribution in [0.3, 0.4) is 0 Å². The zero-order valence-electron chi connectivity index (χ0n) is 12.2. The van der Waals surface area contributed by atoms with Crippen molar-refractivity contribution in [2.24, 2.45) is 0 Å². The van der Waals surface area contributed by atoms with Crippen LogP contribution in [-0.2, 0) is 4.79 Å². The predicted octanol–water partition coefficient (Wildman–Crippen LogP) is 3.06. The number of carbonyl (C=O) groups excluding carboxylic acids is 1. The highest BCUT2D eigenvalue weighted by Gasteiger charge is 2.13. The van der Waals surface area contributed by atoms with Gasteiger partial charge in [-0.25, -0.2) is 0 Å². The van der Waals surface area contributed by atoms with E-state index < -0.39 is 0 Å². The molecule has 1 aliphatic rings. The van der Waals surface area contributed by atoms with Crippen LogP contribution in [0.2, 0.25) is 0 Å². The smallest absolute Gasteiger partial charge is 0.234 e. The molecular weight excluding hydrogens is 312 g/mol. The van der Waals surface area contributed by atoms with Gasteiger partial charge in [-0.05, 0) is 30.3 Å². The van der Waals surface area contributed by atoms with Crippen LogP contribution >= 0.6 is 11.8 Å². The van der Waals surface area contributed by atoms with Crippen molar-refractivity contribution in [2.75, 3.05) is 24.3 Å². The Morgan fingerprint density at radius 1 is 1.17 bits per heavy atom. The number of benzene rings is 2. The van der Waals surface area contributed by atoms with Crippen molar-refractivity contribution < 1.29 is 14.3 Å². The highest BCUT2D eigenvalue weighted by Crippen LogP contribution is 2.34. The van der Waals surface area contributed by atoms with Gasteiger partial charge in [0.05, 0.1) is 17.0 Å². The molecule has 0 saturated carbocycles. The Hall–Kier alpha value is -2.65. The van der Waals surface area contributed by atoms with Gasteiger partial charge in [0.15, 0.2) is 11.5 Å². The SMILES string of the molecule is N#Cc1ccccc1NC(=O)CSc1ccc2c(c1)OCCO2. The number of thioether (sulfide) groups is 1. The topological polar surface area (TPSA) is 71.4 Å². The lowest BCUT2D eigenvalue weighted by atomic mass is 10.2. The second-order valence-electron chi connectivity index (χ2n) is 4.80. The van der Waals surface area contributed by atoms with E-state index in [0.29, 0.717) is 30.2 Å². The minimum Gasteiger partial charge on any atom is -0.486 e. The van der Waals surface area contributed by atoms with Crippen LogP contribution in [0.1, 0.15) is 5.56 Å². The van der Waals surface area contributed by atoms with Gasteiger partial charge in [0.25, 0.3) is 0 Å². The zero-order valence-corrected chi connectivity index (χ0v) is 13.1. The first kappa shape index (κ1) is 15.3. The molecule has 1 N–H and O–H groups in total. The normalized spacial score (nSPS) is 12.3. The monoisotopic (exact) mass is 326 g/mol. The summed E-state index contributed by atoms with van der Waals surface area (Å²) in [4.78, 5) is 13.0. The third-order valence-corrected chi connectivity index (χ3v) is 4.20. The Morgan fingerprint density at radius 2 is 1.96 bits per heavy atom. The van der Waals surface area contributed by atoms with E-state index in [-0.39, 0.29) is 11.7 Å². The fourth-order valence-corrected chi connectivity index (χ4v) is 2.86. The molecule has 116 valence electrons. The van der Waals surface area contributed by atoms with Gasteiger partial charge < -0.3 is 14.8 Å². The Labute approximate surface area is 138 Å². The molecule has 2 aromatic rings. The molecule has 0 atom stereocenters. The predicted molar refractivity (Wildman–Crippen MR) is 87.9 cm³/mol. The fourth-order valence-electron chi connectivity index (χ4n) is 2.14. The van der Waals surface area contributed by atoms with E-state index in [1.165, 1.54) is 11.8 Å². The summed E-state index contributed by atoms with van der Waals surface area (Å²) >= 11 is 1.40. The molecule has 0 saturated heterocycles. The number of rotatable bonds is 4. The summed E-state index contributed by atoms with van der Waals surface area (Å²) in [5, 5.41) is 11.8. The van der Waals surface area contributed by atoms with Gasteiger partial charge in [-0.2, -0.15) is 5.26 Å². The number of nitrogens with zero attached hydrogens (tertiary/aromatic N) is 1. The summed E-state index contributed by atoms with van der Waals surface area (Å²) in [5.41, 5.74) is 0.980. The van der Waals surface area contributed by atoms with E-state index in [1.807, 2.05) is 18.2 Å². The molecule has 1 aliphatic heterocycles. The largest absolute Gasteiger partial charge is 0.486 e. The highest BCUT2D eigenvalue weighted by molar-refractivity contribution is 8.00. The molecule has 0 spiro atoms. The third-order valence-electron chi connectivity index (χ3n) is 3.21. The maximum absolute atomic E-state index is 12.0. The van der Waals surface area contributed by atoms with Gasteiger partial charge in [-0.15, -0.1) is 11.8 Å². The van der Waals surface area contributed by atoms with Gasteiger partial charge in [-0.1, -0.05) is 12.1 Å². The summed E-state index contributed by atoms with van der Waals surface area (Å²) in [5.74, 6) is 1.52. The van der Waals surface area contributed by atoms with Gasteiger partial charge in [0.2, 0.25) is 5.91 Å². The van der Waals surface area contributed by atoms with Crippen LogP contribution < -0.4 is 14.8 Å². The maximum atomic E-state index is 12.0. The van der Waals surface area contributed by atoms with E-state index in [9.17, 15) is 4.79 Å². The van der Waals surface area contributed by atoms with Crippen molar-refractivity contribution in [3.8, 4) is 17.6 Å². The molecule has 1 amide bonds. The van der Waals surface area contributed by atoms with Crippen molar-refractivity contribution in [3.63, 3.8) is 0 Å². The molecule has 0 aliphatic carbocycles. The molecular formula is C17H14N2O3S. The van der Waals surface area contributed by atoms with Crippen LogP contribution in [0, 0.1) is 11.3 Å². The van der Waals surface area contributed by atoms with E-state index in [1.54, 1.807) is 24.3 Å². The molecule has 23 heavy (non-hydrogen) atoms. The van der Waals surface area contributed by atoms with Crippen molar-refractivity contribution in [3.05, 3.63) is 48.0 Å². The van der Waals surface area contributed by atoms with Crippen LogP contribution in [0.15, 0.2) is 47.4 Å². The number of amides is 1. The number of fused-ring (bicyclic) bond motifs is 1. The number of nitriles is 1.